The fraction of sp³-hybridized carbons (Fsp3) is 0.312. The Labute approximate surface area is 151 Å². The molecule has 1 amide bonds. The van der Waals surface area contributed by atoms with E-state index in [2.05, 4.69) is 10.1 Å². The van der Waals surface area contributed by atoms with E-state index in [4.69, 9.17) is 28.3 Å². The molecule has 1 aromatic carbocycles. The molecule has 3 aromatic rings. The summed E-state index contributed by atoms with van der Waals surface area (Å²) < 4.78 is 1.35. The first-order valence-electron chi connectivity index (χ1n) is 7.82. The molecule has 130 valence electrons. The third-order valence-electron chi connectivity index (χ3n) is 4.63. The van der Waals surface area contributed by atoms with Crippen molar-refractivity contribution in [3.8, 4) is 0 Å². The van der Waals surface area contributed by atoms with Crippen molar-refractivity contribution in [1.29, 1.82) is 0 Å². The number of hydrogen-bond acceptors (Lipinski definition) is 3. The normalized spacial score (nSPS) is 16.0. The fourth-order valence-electron chi connectivity index (χ4n) is 3.36. The molecular formula is C16H14Cl2N4O3. The molecular weight excluding hydrogens is 367 g/mol. The average molecular weight is 381 g/mol. The molecule has 0 bridgehead atoms. The summed E-state index contributed by atoms with van der Waals surface area (Å²) in [5.41, 5.74) is 1.53. The SMILES string of the molecule is O=C(O)N1CCC(c2cc(=O)n3[nH]c4cc(Cl)cc(Cl)c4c3n2)CC1. The molecule has 2 aromatic heterocycles. The van der Waals surface area contributed by atoms with Crippen LogP contribution in [0.15, 0.2) is 23.0 Å². The number of nitrogens with zero attached hydrogens (tertiary/aromatic N) is 3. The standard InChI is InChI=1S/C16H14Cl2N4O3/c17-9-5-10(18)14-12(6-9)20-22-13(23)7-11(19-15(14)22)8-1-3-21(4-2-8)16(24)25/h5-8,20H,1-4H2,(H,24,25). The summed E-state index contributed by atoms with van der Waals surface area (Å²) in [4.78, 5) is 29.6. The molecule has 25 heavy (non-hydrogen) atoms. The van der Waals surface area contributed by atoms with Crippen molar-refractivity contribution in [2.45, 2.75) is 18.8 Å². The molecule has 1 fully saturated rings. The lowest BCUT2D eigenvalue weighted by Gasteiger charge is -2.29. The minimum absolute atomic E-state index is 0.0457. The van der Waals surface area contributed by atoms with E-state index >= 15 is 0 Å². The molecule has 0 atom stereocenters. The summed E-state index contributed by atoms with van der Waals surface area (Å²) in [7, 11) is 0. The van der Waals surface area contributed by atoms with Gasteiger partial charge in [-0.3, -0.25) is 9.89 Å². The number of nitrogens with one attached hydrogen (secondary N) is 1. The van der Waals surface area contributed by atoms with Gasteiger partial charge >= 0.3 is 6.09 Å². The van der Waals surface area contributed by atoms with Gasteiger partial charge in [-0.25, -0.2) is 14.3 Å². The summed E-state index contributed by atoms with van der Waals surface area (Å²) >= 11 is 12.3. The summed E-state index contributed by atoms with van der Waals surface area (Å²) in [6.07, 6.45) is 0.357. The zero-order valence-electron chi connectivity index (χ0n) is 13.0. The van der Waals surface area contributed by atoms with Crippen LogP contribution in [0, 0.1) is 0 Å². The van der Waals surface area contributed by atoms with Crippen molar-refractivity contribution in [2.75, 3.05) is 13.1 Å². The first-order valence-corrected chi connectivity index (χ1v) is 8.58. The first kappa shape index (κ1) is 16.2. The lowest BCUT2D eigenvalue weighted by molar-refractivity contribution is 0.131. The number of H-pyrrole nitrogens is 1. The van der Waals surface area contributed by atoms with E-state index < -0.39 is 6.09 Å². The van der Waals surface area contributed by atoms with Crippen LogP contribution in [-0.4, -0.2) is 43.8 Å². The summed E-state index contributed by atoms with van der Waals surface area (Å²) in [6.45, 7) is 0.872. The molecule has 1 aliphatic heterocycles. The van der Waals surface area contributed by atoms with Gasteiger partial charge in [0.25, 0.3) is 5.56 Å². The van der Waals surface area contributed by atoms with E-state index in [1.165, 1.54) is 15.5 Å². The van der Waals surface area contributed by atoms with Crippen molar-refractivity contribution in [3.05, 3.63) is 44.3 Å². The van der Waals surface area contributed by atoms with Crippen molar-refractivity contribution in [3.63, 3.8) is 0 Å². The van der Waals surface area contributed by atoms with Crippen molar-refractivity contribution in [2.24, 2.45) is 0 Å². The molecule has 0 saturated carbocycles. The number of carbonyl (C=O) groups is 1. The van der Waals surface area contributed by atoms with E-state index in [1.54, 1.807) is 12.1 Å². The Bertz CT molecular complexity index is 1050. The number of piperidine rings is 1. The third kappa shape index (κ3) is 2.73. The molecule has 0 radical (unpaired) electrons. The van der Waals surface area contributed by atoms with Crippen molar-refractivity contribution in [1.82, 2.24) is 19.5 Å². The van der Waals surface area contributed by atoms with Gasteiger partial charge in [0.05, 0.1) is 21.6 Å². The smallest absolute Gasteiger partial charge is 0.407 e. The highest BCUT2D eigenvalue weighted by molar-refractivity contribution is 6.39. The van der Waals surface area contributed by atoms with Crippen LogP contribution in [-0.2, 0) is 0 Å². The van der Waals surface area contributed by atoms with Gasteiger partial charge < -0.3 is 10.0 Å². The van der Waals surface area contributed by atoms with Crippen LogP contribution in [0.25, 0.3) is 16.6 Å². The van der Waals surface area contributed by atoms with E-state index in [-0.39, 0.29) is 11.5 Å². The van der Waals surface area contributed by atoms with Gasteiger partial charge in [0.2, 0.25) is 0 Å². The molecule has 3 heterocycles. The third-order valence-corrected chi connectivity index (χ3v) is 5.15. The molecule has 1 aliphatic rings. The Morgan fingerprint density at radius 2 is 1.96 bits per heavy atom. The zero-order valence-corrected chi connectivity index (χ0v) is 14.5. The monoisotopic (exact) mass is 380 g/mol. The molecule has 0 unspecified atom stereocenters. The lowest BCUT2D eigenvalue weighted by atomic mass is 9.93. The maximum atomic E-state index is 12.5. The Kier molecular flexibility index (Phi) is 3.85. The largest absolute Gasteiger partial charge is 0.465 e. The van der Waals surface area contributed by atoms with E-state index in [0.29, 0.717) is 58.2 Å². The van der Waals surface area contributed by atoms with Crippen LogP contribution >= 0.6 is 23.2 Å². The fourth-order valence-corrected chi connectivity index (χ4v) is 3.94. The molecule has 4 rings (SSSR count). The predicted molar refractivity (Wildman–Crippen MR) is 94.9 cm³/mol. The van der Waals surface area contributed by atoms with Gasteiger partial charge in [-0.15, -0.1) is 0 Å². The first-order chi connectivity index (χ1) is 11.9. The highest BCUT2D eigenvalue weighted by atomic mass is 35.5. The van der Waals surface area contributed by atoms with Crippen LogP contribution < -0.4 is 5.56 Å². The Hall–Kier alpha value is -2.25. The average Bonchev–Trinajstić information content (AvgIpc) is 2.94. The number of fused-ring (bicyclic) bond motifs is 3. The summed E-state index contributed by atoms with van der Waals surface area (Å²) in [5.74, 6) is 0.0457. The molecule has 1 saturated heterocycles. The number of rotatable bonds is 1. The van der Waals surface area contributed by atoms with Crippen LogP contribution in [0.1, 0.15) is 24.5 Å². The number of aromatic nitrogens is 3. The minimum Gasteiger partial charge on any atom is -0.465 e. The van der Waals surface area contributed by atoms with E-state index in [0.717, 1.165) is 0 Å². The summed E-state index contributed by atoms with van der Waals surface area (Å²) in [5, 5.41) is 13.6. The number of halogens is 2. The van der Waals surface area contributed by atoms with Gasteiger partial charge in [-0.1, -0.05) is 23.2 Å². The Morgan fingerprint density at radius 3 is 2.64 bits per heavy atom. The quantitative estimate of drug-likeness (QED) is 0.677. The van der Waals surface area contributed by atoms with Crippen LogP contribution in [0.4, 0.5) is 4.79 Å². The number of hydrogen-bond donors (Lipinski definition) is 2. The number of amides is 1. The van der Waals surface area contributed by atoms with E-state index in [1.807, 2.05) is 0 Å². The maximum Gasteiger partial charge on any atom is 0.407 e. The lowest BCUT2D eigenvalue weighted by Crippen LogP contribution is -2.37. The molecule has 0 aliphatic carbocycles. The number of likely N-dealkylation sites (tertiary alicyclic amines) is 1. The van der Waals surface area contributed by atoms with Crippen LogP contribution in [0.2, 0.25) is 10.0 Å². The highest BCUT2D eigenvalue weighted by Crippen LogP contribution is 2.31. The van der Waals surface area contributed by atoms with Crippen molar-refractivity contribution >= 4 is 45.8 Å². The van der Waals surface area contributed by atoms with E-state index in [9.17, 15) is 9.59 Å². The topological polar surface area (TPSA) is 90.7 Å². The zero-order chi connectivity index (χ0) is 17.7. The minimum atomic E-state index is -0.915. The van der Waals surface area contributed by atoms with Crippen LogP contribution in [0.5, 0.6) is 0 Å². The number of carboxylic acid groups (broad SMARTS) is 1. The Balaban J connectivity index is 1.80. The molecule has 7 nitrogen and oxygen atoms in total. The van der Waals surface area contributed by atoms with Crippen molar-refractivity contribution < 1.29 is 9.90 Å². The molecule has 2 N–H and O–H groups in total. The summed E-state index contributed by atoms with van der Waals surface area (Å²) in [6, 6.07) is 4.81. The highest BCUT2D eigenvalue weighted by Gasteiger charge is 2.25. The Morgan fingerprint density at radius 1 is 1.24 bits per heavy atom. The number of benzene rings is 1. The number of aromatic amines is 1. The second-order valence-corrected chi connectivity index (χ2v) is 6.99. The van der Waals surface area contributed by atoms with Gasteiger partial charge in [-0.05, 0) is 25.0 Å². The van der Waals surface area contributed by atoms with Gasteiger partial charge in [0.15, 0.2) is 5.65 Å². The van der Waals surface area contributed by atoms with Gasteiger partial charge in [0.1, 0.15) is 0 Å². The second-order valence-electron chi connectivity index (χ2n) is 6.14. The van der Waals surface area contributed by atoms with Gasteiger partial charge in [0, 0.05) is 30.1 Å². The maximum absolute atomic E-state index is 12.5. The van der Waals surface area contributed by atoms with Crippen LogP contribution in [0.3, 0.4) is 0 Å². The second kappa shape index (κ2) is 5.93. The molecule has 9 heteroatoms. The molecule has 0 spiro atoms. The van der Waals surface area contributed by atoms with Gasteiger partial charge in [-0.2, -0.15) is 0 Å². The predicted octanol–water partition coefficient (Wildman–Crippen LogP) is 3.34.